The van der Waals surface area contributed by atoms with Crippen molar-refractivity contribution in [3.8, 4) is 5.75 Å². The highest BCUT2D eigenvalue weighted by Gasteiger charge is 2.15. The zero-order valence-corrected chi connectivity index (χ0v) is 12.8. The maximum absolute atomic E-state index is 13.8. The summed E-state index contributed by atoms with van der Waals surface area (Å²) in [6.45, 7) is 0. The number of anilines is 1. The van der Waals surface area contributed by atoms with Gasteiger partial charge in [-0.2, -0.15) is 0 Å². The van der Waals surface area contributed by atoms with Crippen LogP contribution in [-0.4, -0.2) is 13.0 Å². The number of benzene rings is 2. The molecule has 0 radical (unpaired) electrons. The summed E-state index contributed by atoms with van der Waals surface area (Å²) in [5.41, 5.74) is 0.362. The molecule has 3 nitrogen and oxygen atoms in total. The van der Waals surface area contributed by atoms with Crippen molar-refractivity contribution in [2.75, 3.05) is 12.4 Å². The fourth-order valence-electron chi connectivity index (χ4n) is 1.60. The number of hydrogen-bond donors (Lipinski definition) is 1. The molecular weight excluding hydrogens is 349 g/mol. The van der Waals surface area contributed by atoms with E-state index in [0.717, 1.165) is 0 Å². The highest BCUT2D eigenvalue weighted by Crippen LogP contribution is 2.28. The Bertz CT molecular complexity index is 664. The molecule has 1 amide bonds. The van der Waals surface area contributed by atoms with E-state index in [-0.39, 0.29) is 10.6 Å². The highest BCUT2D eigenvalue weighted by atomic mass is 79.9. The van der Waals surface area contributed by atoms with Crippen LogP contribution in [0.2, 0.25) is 5.02 Å². The highest BCUT2D eigenvalue weighted by molar-refractivity contribution is 9.10. The molecule has 0 aliphatic heterocycles. The van der Waals surface area contributed by atoms with Crippen molar-refractivity contribution in [3.05, 3.63) is 57.3 Å². The molecule has 104 valence electrons. The van der Waals surface area contributed by atoms with Crippen molar-refractivity contribution in [3.63, 3.8) is 0 Å². The maximum atomic E-state index is 13.8. The van der Waals surface area contributed by atoms with Crippen molar-refractivity contribution in [2.24, 2.45) is 0 Å². The molecular formula is C14H10BrClFNO2. The molecule has 0 heterocycles. The van der Waals surface area contributed by atoms with Crippen molar-refractivity contribution in [2.45, 2.75) is 0 Å². The summed E-state index contributed by atoms with van der Waals surface area (Å²) < 4.78 is 19.5. The minimum atomic E-state index is -0.745. The van der Waals surface area contributed by atoms with Crippen LogP contribution in [0.25, 0.3) is 0 Å². The molecule has 0 saturated carbocycles. The van der Waals surface area contributed by atoms with E-state index in [4.69, 9.17) is 16.3 Å². The lowest BCUT2D eigenvalue weighted by Crippen LogP contribution is -2.14. The van der Waals surface area contributed by atoms with Crippen molar-refractivity contribution in [1.82, 2.24) is 0 Å². The monoisotopic (exact) mass is 357 g/mol. The third-order valence-corrected chi connectivity index (χ3v) is 3.60. The van der Waals surface area contributed by atoms with Gasteiger partial charge in [0.05, 0.1) is 23.4 Å². The van der Waals surface area contributed by atoms with Gasteiger partial charge < -0.3 is 10.1 Å². The smallest absolute Gasteiger partial charge is 0.258 e. The summed E-state index contributed by atoms with van der Waals surface area (Å²) in [7, 11) is 1.52. The number of carbonyl (C=O) groups excluding carboxylic acids is 1. The molecule has 0 aliphatic rings. The zero-order valence-electron chi connectivity index (χ0n) is 10.4. The molecule has 0 spiro atoms. The van der Waals surface area contributed by atoms with Crippen molar-refractivity contribution in [1.29, 1.82) is 0 Å². The number of carbonyl (C=O) groups is 1. The van der Waals surface area contributed by atoms with Gasteiger partial charge in [0.15, 0.2) is 5.82 Å². The number of methoxy groups -OCH3 is 1. The van der Waals surface area contributed by atoms with E-state index in [1.54, 1.807) is 18.2 Å². The molecule has 0 atom stereocenters. The summed E-state index contributed by atoms with van der Waals surface area (Å²) >= 11 is 8.96. The van der Waals surface area contributed by atoms with Gasteiger partial charge in [0.25, 0.3) is 5.91 Å². The topological polar surface area (TPSA) is 38.3 Å². The Hall–Kier alpha value is -1.59. The summed E-state index contributed by atoms with van der Waals surface area (Å²) in [6, 6.07) is 9.35. The van der Waals surface area contributed by atoms with Gasteiger partial charge in [0.1, 0.15) is 5.75 Å². The van der Waals surface area contributed by atoms with Crippen LogP contribution in [0.4, 0.5) is 10.1 Å². The van der Waals surface area contributed by atoms with E-state index >= 15 is 0 Å². The molecule has 0 aliphatic carbocycles. The van der Waals surface area contributed by atoms with Gasteiger partial charge >= 0.3 is 0 Å². The predicted octanol–water partition coefficient (Wildman–Crippen LogP) is 4.50. The Morgan fingerprint density at radius 1 is 1.35 bits per heavy atom. The lowest BCUT2D eigenvalue weighted by Gasteiger charge is -2.10. The second-order valence-corrected chi connectivity index (χ2v) is 5.16. The summed E-state index contributed by atoms with van der Waals surface area (Å²) in [6.07, 6.45) is 0. The molecule has 6 heteroatoms. The van der Waals surface area contributed by atoms with Crippen LogP contribution in [0, 0.1) is 5.82 Å². The first kappa shape index (κ1) is 14.8. The quantitative estimate of drug-likeness (QED) is 0.877. The Morgan fingerprint density at radius 2 is 2.10 bits per heavy atom. The molecule has 20 heavy (non-hydrogen) atoms. The lowest BCUT2D eigenvalue weighted by atomic mass is 10.2. The third kappa shape index (κ3) is 3.11. The fraction of sp³-hybridized carbons (Fsp3) is 0.0714. The van der Waals surface area contributed by atoms with Crippen LogP contribution in [-0.2, 0) is 0 Å². The van der Waals surface area contributed by atoms with Crippen LogP contribution in [0.15, 0.2) is 40.9 Å². The van der Waals surface area contributed by atoms with Gasteiger partial charge in [-0.25, -0.2) is 4.39 Å². The van der Waals surface area contributed by atoms with Crippen LogP contribution < -0.4 is 10.1 Å². The second kappa shape index (κ2) is 6.24. The van der Waals surface area contributed by atoms with Gasteiger partial charge in [-0.05, 0) is 40.2 Å². The van der Waals surface area contributed by atoms with Gasteiger partial charge in [-0.3, -0.25) is 4.79 Å². The van der Waals surface area contributed by atoms with Crippen LogP contribution in [0.5, 0.6) is 5.75 Å². The molecule has 0 fully saturated rings. The van der Waals surface area contributed by atoms with Crippen LogP contribution in [0.1, 0.15) is 10.4 Å². The molecule has 2 rings (SSSR count). The molecule has 0 unspecified atom stereocenters. The van der Waals surface area contributed by atoms with E-state index < -0.39 is 11.7 Å². The number of ether oxygens (including phenoxy) is 1. The maximum Gasteiger partial charge on any atom is 0.258 e. The number of amides is 1. The normalized spacial score (nSPS) is 10.2. The standard InChI is InChI=1S/C14H10BrClFNO2/c1-20-8-5-6-10(15)12(7-8)18-14(19)9-3-2-4-11(16)13(9)17/h2-7H,1H3,(H,18,19). The number of nitrogens with one attached hydrogen (secondary N) is 1. The van der Waals surface area contributed by atoms with Crippen molar-refractivity contribution >= 4 is 39.1 Å². The Labute approximate surface area is 128 Å². The number of halogens is 3. The van der Waals surface area contributed by atoms with Crippen LogP contribution >= 0.6 is 27.5 Å². The average Bonchev–Trinajstić information content (AvgIpc) is 2.44. The molecule has 2 aromatic rings. The van der Waals surface area contributed by atoms with E-state index in [0.29, 0.717) is 15.9 Å². The fourth-order valence-corrected chi connectivity index (χ4v) is 2.12. The lowest BCUT2D eigenvalue weighted by molar-refractivity contribution is 0.102. The van der Waals surface area contributed by atoms with Gasteiger partial charge in [0.2, 0.25) is 0 Å². The first-order valence-corrected chi connectivity index (χ1v) is 6.79. The number of rotatable bonds is 3. The Balaban J connectivity index is 2.30. The largest absolute Gasteiger partial charge is 0.497 e. The molecule has 0 bridgehead atoms. The van der Waals surface area contributed by atoms with E-state index in [9.17, 15) is 9.18 Å². The van der Waals surface area contributed by atoms with Crippen molar-refractivity contribution < 1.29 is 13.9 Å². The second-order valence-electron chi connectivity index (χ2n) is 3.90. The Kier molecular flexibility index (Phi) is 4.62. The molecule has 2 aromatic carbocycles. The van der Waals surface area contributed by atoms with Gasteiger partial charge in [0, 0.05) is 10.5 Å². The van der Waals surface area contributed by atoms with E-state index in [2.05, 4.69) is 21.2 Å². The van der Waals surface area contributed by atoms with E-state index in [1.165, 1.54) is 25.3 Å². The first-order valence-electron chi connectivity index (χ1n) is 5.62. The number of hydrogen-bond acceptors (Lipinski definition) is 2. The van der Waals surface area contributed by atoms with Gasteiger partial charge in [-0.1, -0.05) is 17.7 Å². The third-order valence-electron chi connectivity index (χ3n) is 2.62. The SMILES string of the molecule is COc1ccc(Br)c(NC(=O)c2cccc(Cl)c2F)c1. The summed E-state index contributed by atoms with van der Waals surface area (Å²) in [5.74, 6) is -0.750. The zero-order chi connectivity index (χ0) is 14.7. The first-order chi connectivity index (χ1) is 9.52. The van der Waals surface area contributed by atoms with Gasteiger partial charge in [-0.15, -0.1) is 0 Å². The van der Waals surface area contributed by atoms with Crippen LogP contribution in [0.3, 0.4) is 0 Å². The molecule has 0 aromatic heterocycles. The minimum Gasteiger partial charge on any atom is -0.497 e. The predicted molar refractivity (Wildman–Crippen MR) is 80.1 cm³/mol. The molecule has 1 N–H and O–H groups in total. The summed E-state index contributed by atoms with van der Waals surface area (Å²) in [5, 5.41) is 2.51. The minimum absolute atomic E-state index is 0.0950. The Morgan fingerprint density at radius 3 is 2.80 bits per heavy atom. The van der Waals surface area contributed by atoms with E-state index in [1.807, 2.05) is 0 Å². The summed E-state index contributed by atoms with van der Waals surface area (Å²) in [4.78, 5) is 12.1. The average molecular weight is 359 g/mol. The molecule has 0 saturated heterocycles.